The van der Waals surface area contributed by atoms with E-state index in [1.165, 1.54) is 0 Å². The van der Waals surface area contributed by atoms with Crippen molar-refractivity contribution >= 4 is 51.0 Å². The Labute approximate surface area is 112 Å². The highest BCUT2D eigenvalue weighted by Crippen LogP contribution is 2.29. The van der Waals surface area contributed by atoms with E-state index in [2.05, 4.69) is 37.4 Å². The molecule has 0 amide bonds. The number of thiocarbonyl (C=S) groups is 1. The van der Waals surface area contributed by atoms with Gasteiger partial charge in [0.05, 0.1) is 11.0 Å². The summed E-state index contributed by atoms with van der Waals surface area (Å²) in [4.78, 5) is 11.8. The van der Waals surface area contributed by atoms with Crippen LogP contribution in [-0.2, 0) is 0 Å². The van der Waals surface area contributed by atoms with Crippen LogP contribution in [-0.4, -0.2) is 20.1 Å². The Balaban J connectivity index is 2.30. The molecule has 19 heavy (non-hydrogen) atoms. The molecule has 3 rings (SSSR count). The largest absolute Gasteiger partial charge is 0.383 e. The number of H-pyrrole nitrogens is 1. The van der Waals surface area contributed by atoms with Crippen molar-refractivity contribution in [1.82, 2.24) is 15.0 Å². The van der Waals surface area contributed by atoms with Crippen LogP contribution in [0.3, 0.4) is 0 Å². The van der Waals surface area contributed by atoms with E-state index in [0.29, 0.717) is 22.7 Å². The zero-order valence-corrected chi connectivity index (χ0v) is 10.5. The molecular weight excluding hydrogens is 262 g/mol. The molecule has 0 radical (unpaired) electrons. The van der Waals surface area contributed by atoms with Gasteiger partial charge in [-0.1, -0.05) is 12.1 Å². The van der Waals surface area contributed by atoms with Crippen LogP contribution < -0.4 is 11.5 Å². The molecule has 8 heteroatoms. The van der Waals surface area contributed by atoms with Gasteiger partial charge in [0.25, 0.3) is 0 Å². The zero-order valence-electron chi connectivity index (χ0n) is 9.66. The molecule has 0 saturated heterocycles. The molecule has 0 aliphatic heterocycles. The summed E-state index contributed by atoms with van der Waals surface area (Å²) in [6.07, 6.45) is 0. The van der Waals surface area contributed by atoms with Crippen molar-refractivity contribution < 1.29 is 0 Å². The maximum absolute atomic E-state index is 5.85. The first-order chi connectivity index (χ1) is 9.15. The molecule has 2 aromatic heterocycles. The minimum absolute atomic E-state index is 0.0601. The number of nitrogens with zero attached hydrogens (tertiary/aromatic N) is 4. The highest BCUT2D eigenvalue weighted by molar-refractivity contribution is 7.80. The highest BCUT2D eigenvalue weighted by Gasteiger charge is 2.12. The first-order valence-electron chi connectivity index (χ1n) is 5.40. The lowest BCUT2D eigenvalue weighted by atomic mass is 10.3. The van der Waals surface area contributed by atoms with Crippen molar-refractivity contribution in [3.8, 4) is 0 Å². The van der Waals surface area contributed by atoms with Crippen LogP contribution in [0, 0.1) is 0 Å². The van der Waals surface area contributed by atoms with Crippen LogP contribution in [0.4, 0.5) is 11.6 Å². The maximum Gasteiger partial charge on any atom is 0.211 e. The molecule has 7 nitrogen and oxygen atoms in total. The SMILES string of the molecule is NC(=S)N=Nc1[nH]c(N)c2nc3ccccc3nc12. The van der Waals surface area contributed by atoms with Crippen molar-refractivity contribution in [2.75, 3.05) is 5.73 Å². The normalized spacial score (nSPS) is 11.6. The second-order valence-corrected chi connectivity index (χ2v) is 4.25. The number of rotatable bonds is 1. The van der Waals surface area contributed by atoms with Crippen molar-refractivity contribution in [2.24, 2.45) is 16.0 Å². The fourth-order valence-corrected chi connectivity index (χ4v) is 1.81. The zero-order chi connectivity index (χ0) is 13.4. The number of nitrogens with two attached hydrogens (primary N) is 2. The molecular formula is C11H9N7S. The minimum Gasteiger partial charge on any atom is -0.383 e. The Morgan fingerprint density at radius 2 is 1.79 bits per heavy atom. The van der Waals surface area contributed by atoms with Crippen LogP contribution in [0.15, 0.2) is 34.5 Å². The second kappa shape index (κ2) is 4.25. The predicted molar refractivity (Wildman–Crippen MR) is 77.1 cm³/mol. The Hall–Kier alpha value is -2.61. The van der Waals surface area contributed by atoms with Crippen LogP contribution in [0.5, 0.6) is 0 Å². The molecule has 5 N–H and O–H groups in total. The molecule has 0 atom stereocenters. The topological polar surface area (TPSA) is 118 Å². The fraction of sp³-hybridized carbons (Fsp3) is 0. The highest BCUT2D eigenvalue weighted by atomic mass is 32.1. The van der Waals surface area contributed by atoms with E-state index in [9.17, 15) is 0 Å². The van der Waals surface area contributed by atoms with Crippen LogP contribution in [0.1, 0.15) is 0 Å². The number of azo groups is 1. The molecule has 0 aliphatic rings. The van der Waals surface area contributed by atoms with Gasteiger partial charge in [-0.3, -0.25) is 0 Å². The average Bonchev–Trinajstić information content (AvgIpc) is 2.70. The Morgan fingerprint density at radius 3 is 2.42 bits per heavy atom. The first kappa shape index (κ1) is 11.5. The molecule has 0 fully saturated rings. The molecule has 0 unspecified atom stereocenters. The van der Waals surface area contributed by atoms with E-state index in [-0.39, 0.29) is 5.11 Å². The molecule has 0 spiro atoms. The molecule has 2 heterocycles. The monoisotopic (exact) mass is 271 g/mol. The lowest BCUT2D eigenvalue weighted by Gasteiger charge is -1.96. The second-order valence-electron chi connectivity index (χ2n) is 3.84. The lowest BCUT2D eigenvalue weighted by molar-refractivity contribution is 1.21. The summed E-state index contributed by atoms with van der Waals surface area (Å²) < 4.78 is 0. The van der Waals surface area contributed by atoms with Gasteiger partial charge in [0.1, 0.15) is 16.9 Å². The van der Waals surface area contributed by atoms with E-state index in [1.54, 1.807) is 0 Å². The number of benzene rings is 1. The third kappa shape index (κ3) is 1.97. The lowest BCUT2D eigenvalue weighted by Crippen LogP contribution is -2.01. The first-order valence-corrected chi connectivity index (χ1v) is 5.81. The maximum atomic E-state index is 5.85. The number of aromatic amines is 1. The molecule has 94 valence electrons. The van der Waals surface area contributed by atoms with E-state index < -0.39 is 0 Å². The molecule has 1 aromatic carbocycles. The molecule has 0 saturated carbocycles. The summed E-state index contributed by atoms with van der Waals surface area (Å²) in [5.74, 6) is 0.767. The number of hydrogen-bond acceptors (Lipinski definition) is 5. The van der Waals surface area contributed by atoms with Gasteiger partial charge in [0.15, 0.2) is 5.82 Å². The van der Waals surface area contributed by atoms with Gasteiger partial charge in [-0.2, -0.15) is 0 Å². The van der Waals surface area contributed by atoms with E-state index >= 15 is 0 Å². The number of para-hydroxylation sites is 2. The minimum atomic E-state index is -0.0601. The average molecular weight is 271 g/mol. The smallest absolute Gasteiger partial charge is 0.211 e. The quantitative estimate of drug-likeness (QED) is 0.462. The fourth-order valence-electron chi connectivity index (χ4n) is 1.77. The van der Waals surface area contributed by atoms with Gasteiger partial charge < -0.3 is 16.5 Å². The number of nitrogens with one attached hydrogen (secondary N) is 1. The van der Waals surface area contributed by atoms with Crippen molar-refractivity contribution in [3.05, 3.63) is 24.3 Å². The number of anilines is 1. The number of hydrogen-bond donors (Lipinski definition) is 3. The van der Waals surface area contributed by atoms with E-state index in [4.69, 9.17) is 11.5 Å². The van der Waals surface area contributed by atoms with E-state index in [0.717, 1.165) is 11.0 Å². The summed E-state index contributed by atoms with van der Waals surface area (Å²) in [7, 11) is 0. The van der Waals surface area contributed by atoms with Crippen molar-refractivity contribution in [2.45, 2.75) is 0 Å². The Morgan fingerprint density at radius 1 is 1.16 bits per heavy atom. The van der Waals surface area contributed by atoms with Gasteiger partial charge in [-0.05, 0) is 24.4 Å². The summed E-state index contributed by atoms with van der Waals surface area (Å²) in [5.41, 5.74) is 13.7. The van der Waals surface area contributed by atoms with Crippen LogP contribution >= 0.6 is 12.2 Å². The third-order valence-electron chi connectivity index (χ3n) is 2.55. The Kier molecular flexibility index (Phi) is 2.57. The molecule has 3 aromatic rings. The number of fused-ring (bicyclic) bond motifs is 2. The van der Waals surface area contributed by atoms with Crippen molar-refractivity contribution in [1.29, 1.82) is 0 Å². The number of nitrogen functional groups attached to an aromatic ring is 1. The summed E-state index contributed by atoms with van der Waals surface area (Å²) in [5, 5.41) is 7.44. The predicted octanol–water partition coefficient (Wildman–Crippen LogP) is 2.02. The van der Waals surface area contributed by atoms with Gasteiger partial charge >= 0.3 is 0 Å². The summed E-state index contributed by atoms with van der Waals surface area (Å²) >= 11 is 4.64. The van der Waals surface area contributed by atoms with Gasteiger partial charge in [-0.15, -0.1) is 10.2 Å². The molecule has 0 bridgehead atoms. The Bertz CT molecular complexity index is 820. The van der Waals surface area contributed by atoms with E-state index in [1.807, 2.05) is 24.3 Å². The number of aromatic nitrogens is 3. The van der Waals surface area contributed by atoms with Crippen molar-refractivity contribution in [3.63, 3.8) is 0 Å². The van der Waals surface area contributed by atoms with Crippen LogP contribution in [0.2, 0.25) is 0 Å². The summed E-state index contributed by atoms with van der Waals surface area (Å²) in [6, 6.07) is 7.50. The van der Waals surface area contributed by atoms with Crippen LogP contribution in [0.25, 0.3) is 22.1 Å². The van der Waals surface area contributed by atoms with Gasteiger partial charge in [0, 0.05) is 0 Å². The molecule has 0 aliphatic carbocycles. The van der Waals surface area contributed by atoms with Gasteiger partial charge in [-0.25, -0.2) is 9.97 Å². The van der Waals surface area contributed by atoms with Gasteiger partial charge in [0.2, 0.25) is 5.11 Å². The third-order valence-corrected chi connectivity index (χ3v) is 2.63. The standard InChI is InChI=1S/C11H9N7S/c12-9-7-8(10(16-9)17-18-11(13)19)15-6-4-2-1-3-5(6)14-7/h1-4,16H,12H2,(H2,13,19). The summed E-state index contributed by atoms with van der Waals surface area (Å²) in [6.45, 7) is 0.